The van der Waals surface area contributed by atoms with E-state index in [0.29, 0.717) is 37.2 Å². The average molecular weight is 360 g/mol. The number of carbonyl (C=O) groups excluding carboxylic acids is 3. The van der Waals surface area contributed by atoms with Gasteiger partial charge in [-0.15, -0.1) is 0 Å². The number of aryl methyl sites for hydroxylation is 1. The first-order valence-electron chi connectivity index (χ1n) is 8.44. The summed E-state index contributed by atoms with van der Waals surface area (Å²) in [6.45, 7) is 2.70. The van der Waals surface area contributed by atoms with Crippen molar-refractivity contribution < 1.29 is 19.3 Å². The molecular weight excluding hydrogens is 340 g/mol. The predicted molar refractivity (Wildman–Crippen MR) is 92.2 cm³/mol. The quantitative estimate of drug-likeness (QED) is 0.479. The number of primary amides is 1. The van der Waals surface area contributed by atoms with Crippen molar-refractivity contribution in [2.45, 2.75) is 32.2 Å². The lowest BCUT2D eigenvalue weighted by Crippen LogP contribution is -2.47. The zero-order valence-electron chi connectivity index (χ0n) is 14.4. The molecule has 9 heteroatoms. The SMILES string of the molecule is Cc1cc([N+](=O)[O-])ccc1N1C(=O)CC(N2CCC(C(N)=O)CC2)C1=O. The van der Waals surface area contributed by atoms with Gasteiger partial charge in [-0.25, -0.2) is 4.90 Å². The van der Waals surface area contributed by atoms with Crippen LogP contribution in [0.15, 0.2) is 18.2 Å². The Hall–Kier alpha value is -2.81. The van der Waals surface area contributed by atoms with Crippen molar-refractivity contribution in [1.29, 1.82) is 0 Å². The molecule has 9 nitrogen and oxygen atoms in total. The predicted octanol–water partition coefficient (Wildman–Crippen LogP) is 0.732. The Kier molecular flexibility index (Phi) is 4.73. The molecule has 3 rings (SSSR count). The number of likely N-dealkylation sites (tertiary alicyclic amines) is 1. The van der Waals surface area contributed by atoms with Crippen molar-refractivity contribution in [2.24, 2.45) is 11.7 Å². The van der Waals surface area contributed by atoms with E-state index < -0.39 is 11.0 Å². The molecule has 0 spiro atoms. The summed E-state index contributed by atoms with van der Waals surface area (Å²) in [6.07, 6.45) is 1.21. The second kappa shape index (κ2) is 6.83. The Balaban J connectivity index is 1.78. The number of amides is 3. The number of benzene rings is 1. The minimum absolute atomic E-state index is 0.0660. The van der Waals surface area contributed by atoms with E-state index in [-0.39, 0.29) is 35.7 Å². The number of anilines is 1. The van der Waals surface area contributed by atoms with Crippen molar-refractivity contribution in [1.82, 2.24) is 4.90 Å². The number of nitrogens with zero attached hydrogens (tertiary/aromatic N) is 3. The highest BCUT2D eigenvalue weighted by atomic mass is 16.6. The fourth-order valence-corrected chi connectivity index (χ4v) is 3.65. The smallest absolute Gasteiger partial charge is 0.269 e. The second-order valence-corrected chi connectivity index (χ2v) is 6.73. The number of nitro groups is 1. The van der Waals surface area contributed by atoms with Crippen molar-refractivity contribution in [2.75, 3.05) is 18.0 Å². The number of non-ortho nitro benzene ring substituents is 1. The Bertz CT molecular complexity index is 785. The van der Waals surface area contributed by atoms with Gasteiger partial charge in [-0.05, 0) is 44.5 Å². The molecule has 2 heterocycles. The van der Waals surface area contributed by atoms with Crippen molar-refractivity contribution in [3.63, 3.8) is 0 Å². The Labute approximate surface area is 149 Å². The van der Waals surface area contributed by atoms with Crippen molar-refractivity contribution in [3.8, 4) is 0 Å². The van der Waals surface area contributed by atoms with E-state index in [1.165, 1.54) is 18.2 Å². The number of rotatable bonds is 4. The van der Waals surface area contributed by atoms with Gasteiger partial charge in [0.05, 0.1) is 23.1 Å². The molecule has 1 aromatic carbocycles. The highest BCUT2D eigenvalue weighted by Gasteiger charge is 2.44. The average Bonchev–Trinajstić information content (AvgIpc) is 2.89. The van der Waals surface area contributed by atoms with Gasteiger partial charge >= 0.3 is 0 Å². The Morgan fingerprint density at radius 1 is 1.27 bits per heavy atom. The number of nitrogens with two attached hydrogens (primary N) is 1. The summed E-state index contributed by atoms with van der Waals surface area (Å²) in [6, 6.07) is 3.51. The molecule has 2 aliphatic rings. The summed E-state index contributed by atoms with van der Waals surface area (Å²) in [5.41, 5.74) is 6.11. The van der Waals surface area contributed by atoms with Crippen LogP contribution >= 0.6 is 0 Å². The van der Waals surface area contributed by atoms with E-state index in [1.54, 1.807) is 6.92 Å². The van der Waals surface area contributed by atoms with Crippen LogP contribution in [0.1, 0.15) is 24.8 Å². The summed E-state index contributed by atoms with van der Waals surface area (Å²) >= 11 is 0. The third-order valence-electron chi connectivity index (χ3n) is 5.13. The molecule has 0 aromatic heterocycles. The first-order chi connectivity index (χ1) is 12.3. The fraction of sp³-hybridized carbons (Fsp3) is 0.471. The first kappa shape index (κ1) is 18.0. The van der Waals surface area contributed by atoms with Crippen LogP contribution in [0, 0.1) is 23.0 Å². The van der Waals surface area contributed by atoms with Crippen LogP contribution in [0.4, 0.5) is 11.4 Å². The number of nitro benzene ring substituents is 1. The molecule has 138 valence electrons. The Morgan fingerprint density at radius 2 is 1.92 bits per heavy atom. The van der Waals surface area contributed by atoms with Crippen molar-refractivity contribution in [3.05, 3.63) is 33.9 Å². The maximum absolute atomic E-state index is 12.8. The summed E-state index contributed by atoms with van der Waals surface area (Å²) in [4.78, 5) is 49.9. The lowest BCUT2D eigenvalue weighted by molar-refractivity contribution is -0.384. The zero-order valence-corrected chi connectivity index (χ0v) is 14.4. The maximum atomic E-state index is 12.8. The molecule has 2 fully saturated rings. The summed E-state index contributed by atoms with van der Waals surface area (Å²) in [5.74, 6) is -1.17. The van der Waals surface area contributed by atoms with Crippen LogP contribution in [0.2, 0.25) is 0 Å². The third-order valence-corrected chi connectivity index (χ3v) is 5.13. The lowest BCUT2D eigenvalue weighted by Gasteiger charge is -2.33. The second-order valence-electron chi connectivity index (χ2n) is 6.73. The standard InChI is InChI=1S/C17H20N4O5/c1-10-8-12(21(25)26)2-3-13(10)20-15(22)9-14(17(20)24)19-6-4-11(5-7-19)16(18)23/h2-3,8,11,14H,4-7,9H2,1H3,(H2,18,23). The van der Waals surface area contributed by atoms with Gasteiger partial charge in [0.25, 0.3) is 11.6 Å². The summed E-state index contributed by atoms with van der Waals surface area (Å²) in [7, 11) is 0. The first-order valence-corrected chi connectivity index (χ1v) is 8.44. The minimum atomic E-state index is -0.564. The van der Waals surface area contributed by atoms with Crippen molar-refractivity contribution >= 4 is 29.1 Å². The number of piperidine rings is 1. The van der Waals surface area contributed by atoms with Gasteiger partial charge in [0.2, 0.25) is 11.8 Å². The molecule has 1 aromatic rings. The maximum Gasteiger partial charge on any atom is 0.269 e. The van der Waals surface area contributed by atoms with Gasteiger partial charge in [-0.2, -0.15) is 0 Å². The number of hydrogen-bond acceptors (Lipinski definition) is 6. The molecule has 2 saturated heterocycles. The number of imide groups is 1. The van der Waals surface area contributed by atoms with Crippen LogP contribution in [0.25, 0.3) is 0 Å². The molecule has 3 amide bonds. The van der Waals surface area contributed by atoms with E-state index in [0.717, 1.165) is 4.90 Å². The van der Waals surface area contributed by atoms with Crippen LogP contribution in [0.5, 0.6) is 0 Å². The zero-order chi connectivity index (χ0) is 19.0. The highest BCUT2D eigenvalue weighted by molar-refractivity contribution is 6.22. The third kappa shape index (κ3) is 3.17. The molecule has 26 heavy (non-hydrogen) atoms. The summed E-state index contributed by atoms with van der Waals surface area (Å²) < 4.78 is 0. The van der Waals surface area contributed by atoms with E-state index in [9.17, 15) is 24.5 Å². The van der Waals surface area contributed by atoms with Gasteiger partial charge in [0, 0.05) is 18.1 Å². The molecule has 1 atom stereocenters. The fourth-order valence-electron chi connectivity index (χ4n) is 3.65. The van der Waals surface area contributed by atoms with Crippen LogP contribution in [-0.4, -0.2) is 46.7 Å². The van der Waals surface area contributed by atoms with E-state index in [2.05, 4.69) is 0 Å². The van der Waals surface area contributed by atoms with E-state index in [1.807, 2.05) is 4.90 Å². The Morgan fingerprint density at radius 3 is 2.46 bits per heavy atom. The lowest BCUT2D eigenvalue weighted by atomic mass is 9.95. The highest BCUT2D eigenvalue weighted by Crippen LogP contribution is 2.32. The molecule has 2 aliphatic heterocycles. The normalized spacial score (nSPS) is 22.0. The number of carbonyl (C=O) groups is 3. The molecule has 2 N–H and O–H groups in total. The van der Waals surface area contributed by atoms with Gasteiger partial charge < -0.3 is 5.73 Å². The van der Waals surface area contributed by atoms with E-state index >= 15 is 0 Å². The monoisotopic (exact) mass is 360 g/mol. The molecule has 0 bridgehead atoms. The largest absolute Gasteiger partial charge is 0.369 e. The molecule has 0 aliphatic carbocycles. The molecular formula is C17H20N4O5. The van der Waals surface area contributed by atoms with Gasteiger partial charge in [0.1, 0.15) is 0 Å². The minimum Gasteiger partial charge on any atom is -0.369 e. The topological polar surface area (TPSA) is 127 Å². The molecule has 1 unspecified atom stereocenters. The van der Waals surface area contributed by atoms with Gasteiger partial charge in [-0.1, -0.05) is 0 Å². The van der Waals surface area contributed by atoms with Crippen LogP contribution in [-0.2, 0) is 14.4 Å². The summed E-state index contributed by atoms with van der Waals surface area (Å²) in [5, 5.41) is 10.9. The van der Waals surface area contributed by atoms with Gasteiger partial charge in [0.15, 0.2) is 0 Å². The van der Waals surface area contributed by atoms with Gasteiger partial charge in [-0.3, -0.25) is 29.4 Å². The van der Waals surface area contributed by atoms with Crippen LogP contribution < -0.4 is 10.6 Å². The van der Waals surface area contributed by atoms with E-state index in [4.69, 9.17) is 5.73 Å². The number of hydrogen-bond donors (Lipinski definition) is 1. The molecule has 0 radical (unpaired) electrons. The van der Waals surface area contributed by atoms with Crippen LogP contribution in [0.3, 0.4) is 0 Å². The molecule has 0 saturated carbocycles.